The van der Waals surface area contributed by atoms with Crippen LogP contribution < -0.4 is 4.74 Å². The van der Waals surface area contributed by atoms with Crippen molar-refractivity contribution in [1.82, 2.24) is 15.1 Å². The number of fused-ring (bicyclic) bond motifs is 2. The van der Waals surface area contributed by atoms with Crippen molar-refractivity contribution >= 4 is 11.6 Å². The van der Waals surface area contributed by atoms with Gasteiger partial charge in [0.15, 0.2) is 5.15 Å². The van der Waals surface area contributed by atoms with Crippen LogP contribution in [0.25, 0.3) is 0 Å². The Morgan fingerprint density at radius 3 is 2.81 bits per heavy atom. The van der Waals surface area contributed by atoms with Crippen LogP contribution in [0.3, 0.4) is 0 Å². The number of ether oxygens (including phenoxy) is 1. The van der Waals surface area contributed by atoms with Crippen molar-refractivity contribution in [2.24, 2.45) is 17.8 Å². The van der Waals surface area contributed by atoms with E-state index in [1.165, 1.54) is 19.3 Å². The molecule has 3 rings (SSSR count). The number of hydrogen-bond donors (Lipinski definition) is 0. The summed E-state index contributed by atoms with van der Waals surface area (Å²) in [4.78, 5) is 2.57. The summed E-state index contributed by atoms with van der Waals surface area (Å²) < 4.78 is 5.92. The van der Waals surface area contributed by atoms with Crippen molar-refractivity contribution in [2.45, 2.75) is 45.2 Å². The van der Waals surface area contributed by atoms with Gasteiger partial charge in [-0.2, -0.15) is 0 Å². The Morgan fingerprint density at radius 1 is 1.33 bits per heavy atom. The Balaban J connectivity index is 1.70. The summed E-state index contributed by atoms with van der Waals surface area (Å²) in [6.45, 7) is 5.40. The van der Waals surface area contributed by atoms with Crippen molar-refractivity contribution in [1.29, 1.82) is 0 Å². The van der Waals surface area contributed by atoms with Crippen molar-refractivity contribution in [3.63, 3.8) is 0 Å². The van der Waals surface area contributed by atoms with E-state index in [0.29, 0.717) is 28.9 Å². The minimum absolute atomic E-state index is 0.401. The molecule has 2 saturated heterocycles. The first-order chi connectivity index (χ1) is 10.1. The molecule has 4 nitrogen and oxygen atoms in total. The van der Waals surface area contributed by atoms with Gasteiger partial charge >= 0.3 is 0 Å². The highest BCUT2D eigenvalue weighted by Crippen LogP contribution is 2.44. The van der Waals surface area contributed by atoms with E-state index < -0.39 is 0 Å². The summed E-state index contributed by atoms with van der Waals surface area (Å²) >= 11 is 5.76. The molecule has 0 radical (unpaired) electrons. The fourth-order valence-corrected chi connectivity index (χ4v) is 4.28. The molecule has 2 unspecified atom stereocenters. The fraction of sp³-hybridized carbons (Fsp3) is 0.750. The molecule has 116 valence electrons. The number of halogens is 1. The lowest BCUT2D eigenvalue weighted by molar-refractivity contribution is 0.0170. The predicted molar refractivity (Wildman–Crippen MR) is 83.5 cm³/mol. The topological polar surface area (TPSA) is 38.3 Å². The van der Waals surface area contributed by atoms with Gasteiger partial charge in [-0.15, -0.1) is 10.2 Å². The van der Waals surface area contributed by atoms with E-state index in [9.17, 15) is 0 Å². The van der Waals surface area contributed by atoms with Crippen molar-refractivity contribution in [3.8, 4) is 5.88 Å². The van der Waals surface area contributed by atoms with Gasteiger partial charge in [-0.3, -0.25) is 0 Å². The molecule has 4 atom stereocenters. The van der Waals surface area contributed by atoms with Gasteiger partial charge in [0, 0.05) is 24.1 Å². The van der Waals surface area contributed by atoms with E-state index in [0.717, 1.165) is 18.6 Å². The normalized spacial score (nSPS) is 32.6. The smallest absolute Gasteiger partial charge is 0.233 e. The average molecular weight is 310 g/mol. The molecule has 0 amide bonds. The lowest BCUT2D eigenvalue weighted by Gasteiger charge is -2.44. The standard InChI is InChI=1S/C16H24ClN3O/c1-10(2)12-8-11-4-5-14(20(11)3)13(12)9-21-16-7-6-15(17)18-19-16/h6-7,10-14H,4-5,8-9H2,1-3H3/t11?,12-,13+,14?/m0/s1. The second-order valence-corrected chi connectivity index (χ2v) is 7.16. The number of rotatable bonds is 4. The molecule has 0 aliphatic carbocycles. The number of nitrogens with zero attached hydrogens (tertiary/aromatic N) is 3. The van der Waals surface area contributed by atoms with Crippen LogP contribution in [0.5, 0.6) is 5.88 Å². The van der Waals surface area contributed by atoms with Crippen LogP contribution in [0.2, 0.25) is 5.15 Å². The first kappa shape index (κ1) is 15.0. The van der Waals surface area contributed by atoms with Crippen LogP contribution in [0, 0.1) is 17.8 Å². The Kier molecular flexibility index (Phi) is 4.36. The summed E-state index contributed by atoms with van der Waals surface area (Å²) in [6, 6.07) is 4.94. The van der Waals surface area contributed by atoms with Crippen LogP contribution in [0.15, 0.2) is 12.1 Å². The zero-order valence-electron chi connectivity index (χ0n) is 13.0. The fourth-order valence-electron chi connectivity index (χ4n) is 4.18. The highest BCUT2D eigenvalue weighted by molar-refractivity contribution is 6.29. The Bertz CT molecular complexity index is 479. The third kappa shape index (κ3) is 3.02. The quantitative estimate of drug-likeness (QED) is 0.855. The van der Waals surface area contributed by atoms with Crippen LogP contribution in [0.1, 0.15) is 33.1 Å². The second kappa shape index (κ2) is 6.09. The minimum atomic E-state index is 0.401. The van der Waals surface area contributed by atoms with Gasteiger partial charge in [0.1, 0.15) is 0 Å². The Hall–Kier alpha value is -0.870. The lowest BCUT2D eigenvalue weighted by Crippen LogP contribution is -2.50. The zero-order valence-corrected chi connectivity index (χ0v) is 13.8. The average Bonchev–Trinajstić information content (AvgIpc) is 2.71. The van der Waals surface area contributed by atoms with Gasteiger partial charge in [-0.05, 0) is 44.2 Å². The Labute approximate surface area is 131 Å². The monoisotopic (exact) mass is 309 g/mol. The molecular weight excluding hydrogens is 286 g/mol. The summed E-state index contributed by atoms with van der Waals surface area (Å²) in [5.74, 6) is 2.58. The van der Waals surface area contributed by atoms with E-state index in [1.54, 1.807) is 12.1 Å². The molecule has 5 heteroatoms. The van der Waals surface area contributed by atoms with Crippen LogP contribution in [-0.4, -0.2) is 40.8 Å². The molecule has 1 aromatic heterocycles. The lowest BCUT2D eigenvalue weighted by atomic mass is 9.74. The summed E-state index contributed by atoms with van der Waals surface area (Å²) in [5.41, 5.74) is 0. The largest absolute Gasteiger partial charge is 0.476 e. The molecule has 0 saturated carbocycles. The minimum Gasteiger partial charge on any atom is -0.476 e. The third-order valence-corrected chi connectivity index (χ3v) is 5.57. The maximum Gasteiger partial charge on any atom is 0.233 e. The molecule has 0 aromatic carbocycles. The van der Waals surface area contributed by atoms with Gasteiger partial charge in [0.25, 0.3) is 0 Å². The van der Waals surface area contributed by atoms with E-state index in [1.807, 2.05) is 0 Å². The van der Waals surface area contributed by atoms with Crippen molar-refractivity contribution in [3.05, 3.63) is 17.3 Å². The van der Waals surface area contributed by atoms with E-state index in [2.05, 4.69) is 36.0 Å². The van der Waals surface area contributed by atoms with Crippen LogP contribution in [-0.2, 0) is 0 Å². The third-order valence-electron chi connectivity index (χ3n) is 5.37. The number of aromatic nitrogens is 2. The molecule has 21 heavy (non-hydrogen) atoms. The maximum absolute atomic E-state index is 5.92. The van der Waals surface area contributed by atoms with Gasteiger partial charge in [-0.25, -0.2) is 0 Å². The highest BCUT2D eigenvalue weighted by Gasteiger charge is 2.46. The first-order valence-corrected chi connectivity index (χ1v) is 8.28. The molecule has 2 fully saturated rings. The number of hydrogen-bond acceptors (Lipinski definition) is 4. The molecule has 0 N–H and O–H groups in total. The predicted octanol–water partition coefficient (Wildman–Crippen LogP) is 3.26. The summed E-state index contributed by atoms with van der Waals surface area (Å²) in [6.07, 6.45) is 3.93. The SMILES string of the molecule is CC(C)[C@@H]1CC2CCC([C@@H]1COc1ccc(Cl)nn1)N2C. The second-order valence-electron chi connectivity index (χ2n) is 6.78. The van der Waals surface area contributed by atoms with Gasteiger partial charge < -0.3 is 9.64 Å². The Morgan fingerprint density at radius 2 is 2.14 bits per heavy atom. The molecule has 3 heterocycles. The van der Waals surface area contributed by atoms with Crippen molar-refractivity contribution in [2.75, 3.05) is 13.7 Å². The molecule has 0 spiro atoms. The van der Waals surface area contributed by atoms with Crippen LogP contribution >= 0.6 is 11.6 Å². The van der Waals surface area contributed by atoms with Gasteiger partial charge in [-0.1, -0.05) is 25.4 Å². The first-order valence-electron chi connectivity index (χ1n) is 7.90. The summed E-state index contributed by atoms with van der Waals surface area (Å²) in [7, 11) is 2.27. The highest BCUT2D eigenvalue weighted by atomic mass is 35.5. The molecular formula is C16H24ClN3O. The van der Waals surface area contributed by atoms with Crippen molar-refractivity contribution < 1.29 is 4.74 Å². The van der Waals surface area contributed by atoms with E-state index in [-0.39, 0.29) is 0 Å². The molecule has 2 bridgehead atoms. The van der Waals surface area contributed by atoms with E-state index >= 15 is 0 Å². The maximum atomic E-state index is 5.92. The van der Waals surface area contributed by atoms with Gasteiger partial charge in [0.05, 0.1) is 6.61 Å². The zero-order chi connectivity index (χ0) is 15.0. The van der Waals surface area contributed by atoms with E-state index in [4.69, 9.17) is 16.3 Å². The van der Waals surface area contributed by atoms with Gasteiger partial charge in [0.2, 0.25) is 5.88 Å². The molecule has 1 aromatic rings. The molecule has 2 aliphatic heterocycles. The molecule has 2 aliphatic rings. The van der Waals surface area contributed by atoms with Crippen LogP contribution in [0.4, 0.5) is 0 Å². The number of piperidine rings is 1. The summed E-state index contributed by atoms with van der Waals surface area (Å²) in [5, 5.41) is 8.24.